The highest BCUT2D eigenvalue weighted by Crippen LogP contribution is 2.22. The maximum Gasteiger partial charge on any atom is 0.490 e. The number of anilines is 2. The Hall–Kier alpha value is -3.67. The highest BCUT2D eigenvalue weighted by molar-refractivity contribution is 5.99. The average molecular weight is 425 g/mol. The first kappa shape index (κ1) is 22.6. The molecule has 160 valence electrons. The predicted molar refractivity (Wildman–Crippen MR) is 101 cm³/mol. The van der Waals surface area contributed by atoms with Crippen LogP contribution in [0.5, 0.6) is 0 Å². The van der Waals surface area contributed by atoms with Gasteiger partial charge in [0.15, 0.2) is 0 Å². The molecule has 0 fully saturated rings. The van der Waals surface area contributed by atoms with Crippen molar-refractivity contribution in [3.63, 3.8) is 0 Å². The first-order chi connectivity index (χ1) is 14.1. The number of halogens is 3. The van der Waals surface area contributed by atoms with Crippen molar-refractivity contribution in [3.8, 4) is 0 Å². The van der Waals surface area contributed by atoms with Crippen LogP contribution in [-0.4, -0.2) is 56.1 Å². The van der Waals surface area contributed by atoms with Gasteiger partial charge in [-0.2, -0.15) is 18.3 Å². The van der Waals surface area contributed by atoms with Gasteiger partial charge in [0.1, 0.15) is 5.82 Å². The van der Waals surface area contributed by atoms with E-state index in [1.807, 2.05) is 18.2 Å². The zero-order valence-electron chi connectivity index (χ0n) is 15.6. The lowest BCUT2D eigenvalue weighted by molar-refractivity contribution is -0.192. The van der Waals surface area contributed by atoms with Gasteiger partial charge in [0.25, 0.3) is 5.91 Å². The molecule has 0 aliphatic heterocycles. The van der Waals surface area contributed by atoms with Gasteiger partial charge < -0.3 is 20.8 Å². The van der Waals surface area contributed by atoms with Crippen LogP contribution in [0.4, 0.5) is 24.7 Å². The summed E-state index contributed by atoms with van der Waals surface area (Å²) >= 11 is 0. The Bertz CT molecular complexity index is 1020. The van der Waals surface area contributed by atoms with E-state index < -0.39 is 12.1 Å². The minimum absolute atomic E-state index is 0.119. The zero-order valence-corrected chi connectivity index (χ0v) is 15.6. The molecule has 3 rings (SSSR count). The molecule has 0 unspecified atom stereocenters. The largest absolute Gasteiger partial charge is 0.490 e. The van der Waals surface area contributed by atoms with E-state index >= 15 is 0 Å². The molecule has 0 radical (unpaired) electrons. The number of hydrogen-bond donors (Lipinski definition) is 5. The van der Waals surface area contributed by atoms with Crippen molar-refractivity contribution in [3.05, 3.63) is 48.3 Å². The van der Waals surface area contributed by atoms with Crippen molar-refractivity contribution in [1.29, 1.82) is 0 Å². The molecule has 9 nitrogen and oxygen atoms in total. The maximum absolute atomic E-state index is 12.3. The summed E-state index contributed by atoms with van der Waals surface area (Å²) in [6.45, 7) is 1.61. The maximum atomic E-state index is 12.3. The molecule has 1 amide bonds. The van der Waals surface area contributed by atoms with Crippen LogP contribution in [0.15, 0.2) is 42.7 Å². The van der Waals surface area contributed by atoms with Gasteiger partial charge in [0.2, 0.25) is 0 Å². The molecule has 2 heterocycles. The number of carboxylic acid groups (broad SMARTS) is 1. The minimum atomic E-state index is -5.08. The lowest BCUT2D eigenvalue weighted by atomic mass is 10.2. The van der Waals surface area contributed by atoms with E-state index in [2.05, 4.69) is 25.8 Å². The summed E-state index contributed by atoms with van der Waals surface area (Å²) in [7, 11) is 0. The number of carbonyl (C=O) groups excluding carboxylic acids is 1. The molecule has 1 aromatic carbocycles. The van der Waals surface area contributed by atoms with Crippen molar-refractivity contribution < 1.29 is 33.0 Å². The molecule has 30 heavy (non-hydrogen) atoms. The summed E-state index contributed by atoms with van der Waals surface area (Å²) in [4.78, 5) is 25.4. The summed E-state index contributed by atoms with van der Waals surface area (Å²) in [6.07, 6.45) is -1.74. The molecule has 0 saturated carbocycles. The van der Waals surface area contributed by atoms with Crippen LogP contribution in [0.2, 0.25) is 0 Å². The number of pyridine rings is 1. The summed E-state index contributed by atoms with van der Waals surface area (Å²) in [5.41, 5.74) is 2.16. The normalized spacial score (nSPS) is 11.9. The fourth-order valence-electron chi connectivity index (χ4n) is 2.19. The van der Waals surface area contributed by atoms with Gasteiger partial charge >= 0.3 is 12.1 Å². The zero-order chi connectivity index (χ0) is 22.3. The lowest BCUT2D eigenvalue weighted by Gasteiger charge is -2.14. The van der Waals surface area contributed by atoms with Crippen LogP contribution in [0.3, 0.4) is 0 Å². The number of nitrogens with one attached hydrogen (secondary N) is 3. The molecular weight excluding hydrogens is 407 g/mol. The number of aliphatic carboxylic acids is 1. The van der Waals surface area contributed by atoms with E-state index in [1.54, 1.807) is 31.5 Å². The Morgan fingerprint density at radius 1 is 1.27 bits per heavy atom. The van der Waals surface area contributed by atoms with Crippen LogP contribution in [0.1, 0.15) is 17.3 Å². The van der Waals surface area contributed by atoms with Crippen molar-refractivity contribution in [2.45, 2.75) is 19.1 Å². The number of carboxylic acids is 1. The minimum Gasteiger partial charge on any atom is -0.475 e. The van der Waals surface area contributed by atoms with Gasteiger partial charge in [0, 0.05) is 23.3 Å². The number of aromatic nitrogens is 3. The van der Waals surface area contributed by atoms with Crippen LogP contribution in [0, 0.1) is 0 Å². The fraction of sp³-hybridized carbons (Fsp3) is 0.222. The quantitative estimate of drug-likeness (QED) is 0.423. The Morgan fingerprint density at radius 3 is 2.60 bits per heavy atom. The van der Waals surface area contributed by atoms with Crippen molar-refractivity contribution in [1.82, 2.24) is 20.5 Å². The van der Waals surface area contributed by atoms with Crippen LogP contribution in [0.25, 0.3) is 10.9 Å². The molecule has 0 aliphatic rings. The van der Waals surface area contributed by atoms with Gasteiger partial charge in [-0.25, -0.2) is 9.78 Å². The van der Waals surface area contributed by atoms with Crippen molar-refractivity contribution in [2.75, 3.05) is 11.9 Å². The molecule has 0 aliphatic carbocycles. The van der Waals surface area contributed by atoms with Gasteiger partial charge in [-0.15, -0.1) is 0 Å². The third-order valence-electron chi connectivity index (χ3n) is 3.65. The van der Waals surface area contributed by atoms with E-state index in [0.29, 0.717) is 11.4 Å². The number of hydrogen-bond acceptors (Lipinski definition) is 6. The van der Waals surface area contributed by atoms with Crippen LogP contribution >= 0.6 is 0 Å². The molecular formula is C18H18F3N5O4. The highest BCUT2D eigenvalue weighted by Gasteiger charge is 2.38. The number of aliphatic hydroxyl groups is 1. The molecule has 1 atom stereocenters. The average Bonchev–Trinajstić information content (AvgIpc) is 3.15. The van der Waals surface area contributed by atoms with Crippen molar-refractivity contribution >= 4 is 34.3 Å². The number of H-pyrrole nitrogens is 1. The fourth-order valence-corrected chi connectivity index (χ4v) is 2.19. The number of aromatic amines is 1. The number of fused-ring (bicyclic) bond motifs is 1. The van der Waals surface area contributed by atoms with Crippen LogP contribution in [-0.2, 0) is 4.79 Å². The summed E-state index contributed by atoms with van der Waals surface area (Å²) < 4.78 is 31.7. The van der Waals surface area contributed by atoms with Gasteiger partial charge in [0.05, 0.1) is 23.9 Å². The number of benzene rings is 1. The molecule has 2 aromatic heterocycles. The Morgan fingerprint density at radius 2 is 1.97 bits per heavy atom. The number of aliphatic hydroxyl groups excluding tert-OH is 1. The topological polar surface area (TPSA) is 140 Å². The van der Waals surface area contributed by atoms with E-state index in [9.17, 15) is 18.0 Å². The van der Waals surface area contributed by atoms with Gasteiger partial charge in [-0.3, -0.25) is 9.89 Å². The molecule has 0 bridgehead atoms. The highest BCUT2D eigenvalue weighted by atomic mass is 19.4. The number of amides is 1. The number of rotatable bonds is 5. The lowest BCUT2D eigenvalue weighted by Crippen LogP contribution is -2.35. The van der Waals surface area contributed by atoms with Gasteiger partial charge in [-0.05, 0) is 37.3 Å². The standard InChI is InChI=1S/C16H17N5O2.C2HF3O2/c1-10(9-22)19-16(23)13-3-2-6-17-15(13)20-12-4-5-14-11(7-12)8-18-21-14;3-2(4,5)1(6)7/h2-8,10,22H,9H2,1H3,(H,17,20)(H,18,21)(H,19,23);(H,6,7)/t10-;/m0./s1. The second-order valence-electron chi connectivity index (χ2n) is 6.06. The van der Waals surface area contributed by atoms with E-state index in [-0.39, 0.29) is 18.6 Å². The first-order valence-electron chi connectivity index (χ1n) is 8.48. The number of nitrogens with zero attached hydrogens (tertiary/aromatic N) is 2. The summed E-state index contributed by atoms with van der Waals surface area (Å²) in [5.74, 6) is -2.59. The van der Waals surface area contributed by atoms with E-state index in [1.165, 1.54) is 0 Å². The first-order valence-corrected chi connectivity index (χ1v) is 8.48. The molecule has 0 spiro atoms. The molecule has 5 N–H and O–H groups in total. The Kier molecular flexibility index (Phi) is 7.31. The van der Waals surface area contributed by atoms with Crippen LogP contribution < -0.4 is 10.6 Å². The molecule has 0 saturated heterocycles. The van der Waals surface area contributed by atoms with Crippen molar-refractivity contribution in [2.24, 2.45) is 0 Å². The molecule has 3 aromatic rings. The van der Waals surface area contributed by atoms with E-state index in [0.717, 1.165) is 16.6 Å². The summed E-state index contributed by atoms with van der Waals surface area (Å²) in [6, 6.07) is 8.77. The van der Waals surface area contributed by atoms with E-state index in [4.69, 9.17) is 15.0 Å². The smallest absolute Gasteiger partial charge is 0.475 e. The number of alkyl halides is 3. The Balaban J connectivity index is 0.000000396. The Labute approximate surface area is 167 Å². The monoisotopic (exact) mass is 425 g/mol. The number of carbonyl (C=O) groups is 2. The van der Waals surface area contributed by atoms with Gasteiger partial charge in [-0.1, -0.05) is 0 Å². The SMILES string of the molecule is C[C@@H](CO)NC(=O)c1cccnc1Nc1ccc2[nH]ncc2c1.O=C(O)C(F)(F)F. The summed E-state index contributed by atoms with van der Waals surface area (Å²) in [5, 5.41) is 29.9. The molecule has 12 heteroatoms. The third kappa shape index (κ3) is 6.17. The second-order valence-corrected chi connectivity index (χ2v) is 6.06. The third-order valence-corrected chi connectivity index (χ3v) is 3.65. The predicted octanol–water partition coefficient (Wildman–Crippen LogP) is 2.45. The second kappa shape index (κ2) is 9.69.